The Bertz CT molecular complexity index is 597. The Morgan fingerprint density at radius 1 is 1.14 bits per heavy atom. The summed E-state index contributed by atoms with van der Waals surface area (Å²) in [4.78, 5) is 5.86. The summed E-state index contributed by atoms with van der Waals surface area (Å²) in [6, 6.07) is 11.6. The highest BCUT2D eigenvalue weighted by atomic mass is 19.4. The maximum atomic E-state index is 12.9. The second kappa shape index (κ2) is 6.03. The molecule has 0 saturated heterocycles. The van der Waals surface area contributed by atoms with Crippen LogP contribution in [0.1, 0.15) is 11.1 Å². The zero-order valence-corrected chi connectivity index (χ0v) is 11.8. The van der Waals surface area contributed by atoms with Crippen molar-refractivity contribution in [2.75, 3.05) is 24.3 Å². The van der Waals surface area contributed by atoms with Gasteiger partial charge in [-0.25, -0.2) is 4.98 Å². The summed E-state index contributed by atoms with van der Waals surface area (Å²) < 4.78 is 38.7. The lowest BCUT2D eigenvalue weighted by atomic mass is 10.2. The van der Waals surface area contributed by atoms with Crippen molar-refractivity contribution < 1.29 is 13.2 Å². The van der Waals surface area contributed by atoms with Gasteiger partial charge < -0.3 is 10.2 Å². The van der Waals surface area contributed by atoms with Crippen LogP contribution in [0.5, 0.6) is 0 Å². The van der Waals surface area contributed by atoms with E-state index in [0.717, 1.165) is 17.7 Å². The number of anilines is 2. The molecule has 1 aromatic heterocycles. The summed E-state index contributed by atoms with van der Waals surface area (Å²) in [5, 5.41) is 2.66. The molecule has 0 aliphatic heterocycles. The van der Waals surface area contributed by atoms with Crippen molar-refractivity contribution >= 4 is 11.6 Å². The number of alkyl halides is 3. The van der Waals surface area contributed by atoms with Crippen LogP contribution in [0.25, 0.3) is 0 Å². The molecule has 0 amide bonds. The lowest BCUT2D eigenvalue weighted by Crippen LogP contribution is -2.19. The second-order valence-electron chi connectivity index (χ2n) is 4.69. The Labute approximate surface area is 121 Å². The van der Waals surface area contributed by atoms with E-state index in [-0.39, 0.29) is 11.6 Å². The van der Waals surface area contributed by atoms with Crippen LogP contribution in [-0.2, 0) is 12.7 Å². The molecule has 0 fully saturated rings. The third-order valence-electron chi connectivity index (χ3n) is 3.05. The normalized spacial score (nSPS) is 11.3. The Hall–Kier alpha value is -2.24. The predicted molar refractivity (Wildman–Crippen MR) is 77.3 cm³/mol. The third kappa shape index (κ3) is 3.87. The molecule has 0 unspecified atom stereocenters. The molecule has 21 heavy (non-hydrogen) atoms. The largest absolute Gasteiger partial charge is 0.416 e. The minimum absolute atomic E-state index is 0.194. The van der Waals surface area contributed by atoms with Gasteiger partial charge in [0.05, 0.1) is 5.56 Å². The van der Waals surface area contributed by atoms with Crippen molar-refractivity contribution in [2.24, 2.45) is 0 Å². The molecule has 2 rings (SSSR count). The van der Waals surface area contributed by atoms with Gasteiger partial charge in [0, 0.05) is 20.6 Å². The predicted octanol–water partition coefficient (Wildman–Crippen LogP) is 3.78. The maximum Gasteiger partial charge on any atom is 0.416 e. The van der Waals surface area contributed by atoms with Crippen LogP contribution in [0.15, 0.2) is 42.5 Å². The lowest BCUT2D eigenvalue weighted by Gasteiger charge is -2.20. The fraction of sp³-hybridized carbons (Fsp3) is 0.267. The first kappa shape index (κ1) is 15.2. The molecular weight excluding hydrogens is 279 g/mol. The van der Waals surface area contributed by atoms with Crippen LogP contribution >= 0.6 is 0 Å². The van der Waals surface area contributed by atoms with Crippen LogP contribution in [0.4, 0.5) is 24.8 Å². The molecule has 3 nitrogen and oxygen atoms in total. The monoisotopic (exact) mass is 295 g/mol. The molecule has 1 N–H and O–H groups in total. The van der Waals surface area contributed by atoms with E-state index in [4.69, 9.17) is 0 Å². The van der Waals surface area contributed by atoms with Crippen LogP contribution in [-0.4, -0.2) is 19.1 Å². The smallest absolute Gasteiger partial charge is 0.373 e. The van der Waals surface area contributed by atoms with Crippen molar-refractivity contribution in [2.45, 2.75) is 12.7 Å². The molecule has 0 aliphatic rings. The van der Waals surface area contributed by atoms with Gasteiger partial charge in [0.2, 0.25) is 0 Å². The molecule has 0 radical (unpaired) electrons. The van der Waals surface area contributed by atoms with E-state index in [0.29, 0.717) is 6.54 Å². The van der Waals surface area contributed by atoms with Crippen molar-refractivity contribution in [3.63, 3.8) is 0 Å². The van der Waals surface area contributed by atoms with Gasteiger partial charge in [0.15, 0.2) is 0 Å². The zero-order chi connectivity index (χ0) is 15.5. The molecule has 0 bridgehead atoms. The van der Waals surface area contributed by atoms with Crippen molar-refractivity contribution in [3.8, 4) is 0 Å². The van der Waals surface area contributed by atoms with E-state index < -0.39 is 11.7 Å². The average molecular weight is 295 g/mol. The number of hydrogen-bond donors (Lipinski definition) is 1. The molecule has 1 aromatic carbocycles. The van der Waals surface area contributed by atoms with Crippen molar-refractivity contribution in [1.82, 2.24) is 4.98 Å². The fourth-order valence-corrected chi connectivity index (χ4v) is 1.94. The van der Waals surface area contributed by atoms with Crippen molar-refractivity contribution in [1.29, 1.82) is 0 Å². The molecule has 0 spiro atoms. The van der Waals surface area contributed by atoms with Gasteiger partial charge in [0.25, 0.3) is 0 Å². The van der Waals surface area contributed by atoms with Gasteiger partial charge in [-0.15, -0.1) is 0 Å². The maximum absolute atomic E-state index is 12.9. The number of pyridine rings is 1. The molecule has 2 aromatic rings. The third-order valence-corrected chi connectivity index (χ3v) is 3.05. The average Bonchev–Trinajstić information content (AvgIpc) is 2.46. The minimum atomic E-state index is -4.39. The number of hydrogen-bond acceptors (Lipinski definition) is 3. The topological polar surface area (TPSA) is 28.2 Å². The number of benzene rings is 1. The molecular formula is C15H16F3N3. The zero-order valence-electron chi connectivity index (χ0n) is 11.8. The number of halogens is 3. The summed E-state index contributed by atoms with van der Waals surface area (Å²) in [6.07, 6.45) is -4.39. The van der Waals surface area contributed by atoms with E-state index in [2.05, 4.69) is 10.3 Å². The van der Waals surface area contributed by atoms with Gasteiger partial charge >= 0.3 is 6.18 Å². The summed E-state index contributed by atoms with van der Waals surface area (Å²) in [7, 11) is 3.26. The van der Waals surface area contributed by atoms with Gasteiger partial charge in [0.1, 0.15) is 11.6 Å². The minimum Gasteiger partial charge on any atom is -0.373 e. The van der Waals surface area contributed by atoms with E-state index in [1.165, 1.54) is 0 Å². The van der Waals surface area contributed by atoms with Gasteiger partial charge in [-0.05, 0) is 17.7 Å². The summed E-state index contributed by atoms with van der Waals surface area (Å²) in [5.41, 5.74) is 0.294. The highest BCUT2D eigenvalue weighted by Crippen LogP contribution is 2.32. The Kier molecular flexibility index (Phi) is 4.35. The van der Waals surface area contributed by atoms with E-state index in [9.17, 15) is 13.2 Å². The first-order chi connectivity index (χ1) is 9.90. The summed E-state index contributed by atoms with van der Waals surface area (Å²) in [5.74, 6) is 0.470. The first-order valence-corrected chi connectivity index (χ1v) is 6.42. The van der Waals surface area contributed by atoms with E-state index in [1.54, 1.807) is 19.0 Å². The van der Waals surface area contributed by atoms with Crippen molar-refractivity contribution in [3.05, 3.63) is 53.6 Å². The van der Waals surface area contributed by atoms with Gasteiger partial charge in [-0.1, -0.05) is 30.3 Å². The molecule has 112 valence electrons. The van der Waals surface area contributed by atoms with Crippen LogP contribution < -0.4 is 10.2 Å². The molecule has 6 heteroatoms. The Morgan fingerprint density at radius 3 is 2.38 bits per heavy atom. The van der Waals surface area contributed by atoms with E-state index >= 15 is 0 Å². The van der Waals surface area contributed by atoms with Gasteiger partial charge in [-0.3, -0.25) is 0 Å². The highest BCUT2D eigenvalue weighted by molar-refractivity contribution is 5.51. The Morgan fingerprint density at radius 2 is 1.81 bits per heavy atom. The molecule has 0 saturated carbocycles. The number of nitrogens with zero attached hydrogens (tertiary/aromatic N) is 2. The quantitative estimate of drug-likeness (QED) is 0.930. The first-order valence-electron chi connectivity index (χ1n) is 6.42. The second-order valence-corrected chi connectivity index (χ2v) is 4.69. The van der Waals surface area contributed by atoms with Crippen LogP contribution in [0.3, 0.4) is 0 Å². The SMILES string of the molecule is CNc1cc(C(F)(F)F)cc(N(C)Cc2ccccc2)n1. The Balaban J connectivity index is 2.30. The lowest BCUT2D eigenvalue weighted by molar-refractivity contribution is -0.137. The molecule has 1 heterocycles. The number of aromatic nitrogens is 1. The molecule has 0 atom stereocenters. The summed E-state index contributed by atoms with van der Waals surface area (Å²) >= 11 is 0. The number of nitrogens with one attached hydrogen (secondary N) is 1. The van der Waals surface area contributed by atoms with Crippen LogP contribution in [0, 0.1) is 0 Å². The van der Waals surface area contributed by atoms with Crippen LogP contribution in [0.2, 0.25) is 0 Å². The van der Waals surface area contributed by atoms with E-state index in [1.807, 2.05) is 30.3 Å². The summed E-state index contributed by atoms with van der Waals surface area (Å²) in [6.45, 7) is 0.484. The number of rotatable bonds is 4. The molecule has 0 aliphatic carbocycles. The fourth-order valence-electron chi connectivity index (χ4n) is 1.94. The van der Waals surface area contributed by atoms with Gasteiger partial charge in [-0.2, -0.15) is 13.2 Å². The highest BCUT2D eigenvalue weighted by Gasteiger charge is 2.32. The standard InChI is InChI=1S/C15H16F3N3/c1-19-13-8-12(15(16,17)18)9-14(20-13)21(2)10-11-6-4-3-5-7-11/h3-9H,10H2,1-2H3,(H,19,20).